The summed E-state index contributed by atoms with van der Waals surface area (Å²) in [5, 5.41) is 8.29. The molecule has 0 aliphatic rings. The molecule has 15 heavy (non-hydrogen) atoms. The van der Waals surface area contributed by atoms with Crippen LogP contribution in [-0.2, 0) is 0 Å². The van der Waals surface area contributed by atoms with Crippen LogP contribution in [0.5, 0.6) is 5.75 Å². The van der Waals surface area contributed by atoms with Gasteiger partial charge in [0.1, 0.15) is 11.6 Å². The third-order valence-electron chi connectivity index (χ3n) is 1.83. The minimum Gasteiger partial charge on any atom is -0.482 e. The topological polar surface area (TPSA) is 59.1 Å². The van der Waals surface area contributed by atoms with E-state index in [4.69, 9.17) is 39.1 Å². The van der Waals surface area contributed by atoms with Crippen LogP contribution in [0.4, 0.5) is 0 Å². The zero-order chi connectivity index (χ0) is 11.4. The summed E-state index contributed by atoms with van der Waals surface area (Å²) in [6.45, 7) is 1.89. The molecule has 0 fully saturated rings. The second-order valence-electron chi connectivity index (χ2n) is 3.08. The zero-order valence-electron chi connectivity index (χ0n) is 8.26. The molecule has 5 heteroatoms. The van der Waals surface area contributed by atoms with E-state index in [2.05, 4.69) is 0 Å². The molecular weight excluding hydrogens is 235 g/mol. The molecule has 0 aliphatic heterocycles. The van der Waals surface area contributed by atoms with Gasteiger partial charge in [0.25, 0.3) is 0 Å². The maximum absolute atomic E-state index is 7.30. The number of nitrogens with one attached hydrogen (secondary N) is 1. The summed E-state index contributed by atoms with van der Waals surface area (Å²) < 4.78 is 5.47. The van der Waals surface area contributed by atoms with Gasteiger partial charge in [0.15, 0.2) is 6.10 Å². The minimum atomic E-state index is -0.431. The molecule has 0 radical (unpaired) electrons. The maximum Gasteiger partial charge on any atom is 0.155 e. The van der Waals surface area contributed by atoms with Gasteiger partial charge in [0, 0.05) is 10.0 Å². The average molecular weight is 247 g/mol. The number of ether oxygens (including phenoxy) is 1. The fourth-order valence-electron chi connectivity index (χ4n) is 1.13. The molecule has 3 nitrogen and oxygen atoms in total. The predicted molar refractivity (Wildman–Crippen MR) is 63.1 cm³/mol. The summed E-state index contributed by atoms with van der Waals surface area (Å²) in [6.07, 6.45) is 0.193. The van der Waals surface area contributed by atoms with Crippen LogP contribution in [0, 0.1) is 5.41 Å². The maximum atomic E-state index is 7.30. The van der Waals surface area contributed by atoms with Gasteiger partial charge >= 0.3 is 0 Å². The van der Waals surface area contributed by atoms with E-state index in [9.17, 15) is 0 Å². The van der Waals surface area contributed by atoms with Gasteiger partial charge in [0.05, 0.1) is 0 Å². The van der Waals surface area contributed by atoms with Gasteiger partial charge in [-0.05, 0) is 24.6 Å². The van der Waals surface area contributed by atoms with Crippen LogP contribution in [0.15, 0.2) is 18.2 Å². The number of hydrogen-bond acceptors (Lipinski definition) is 2. The van der Waals surface area contributed by atoms with E-state index < -0.39 is 6.10 Å². The number of nitrogens with two attached hydrogens (primary N) is 1. The molecule has 1 rings (SSSR count). The van der Waals surface area contributed by atoms with Crippen molar-refractivity contribution < 1.29 is 4.74 Å². The van der Waals surface area contributed by atoms with Crippen molar-refractivity contribution in [3.05, 3.63) is 28.2 Å². The Morgan fingerprint density at radius 1 is 1.40 bits per heavy atom. The highest BCUT2D eigenvalue weighted by molar-refractivity contribution is 6.34. The van der Waals surface area contributed by atoms with E-state index in [1.165, 1.54) is 0 Å². The first-order valence-electron chi connectivity index (χ1n) is 4.49. The van der Waals surface area contributed by atoms with Crippen LogP contribution >= 0.6 is 23.2 Å². The first kappa shape index (κ1) is 12.1. The summed E-state index contributed by atoms with van der Waals surface area (Å²) in [6, 6.07) is 4.89. The van der Waals surface area contributed by atoms with Crippen LogP contribution < -0.4 is 10.5 Å². The molecule has 0 heterocycles. The lowest BCUT2D eigenvalue weighted by Gasteiger charge is -2.16. The van der Waals surface area contributed by atoms with Crippen molar-refractivity contribution in [1.82, 2.24) is 0 Å². The molecule has 1 aromatic rings. The lowest BCUT2D eigenvalue weighted by atomic mass is 10.2. The highest BCUT2D eigenvalue weighted by Crippen LogP contribution is 2.25. The molecule has 82 valence electrons. The fourth-order valence-corrected chi connectivity index (χ4v) is 1.63. The Morgan fingerprint density at radius 2 is 1.93 bits per heavy atom. The van der Waals surface area contributed by atoms with Crippen molar-refractivity contribution in [2.75, 3.05) is 0 Å². The van der Waals surface area contributed by atoms with Crippen molar-refractivity contribution in [3.63, 3.8) is 0 Å². The lowest BCUT2D eigenvalue weighted by Crippen LogP contribution is -2.32. The zero-order valence-corrected chi connectivity index (χ0v) is 9.77. The fraction of sp³-hybridized carbons (Fsp3) is 0.300. The summed E-state index contributed by atoms with van der Waals surface area (Å²) in [7, 11) is 0. The average Bonchev–Trinajstić information content (AvgIpc) is 2.12. The molecule has 1 aromatic carbocycles. The van der Waals surface area contributed by atoms with Crippen LogP contribution in [0.1, 0.15) is 13.3 Å². The molecule has 0 saturated heterocycles. The largest absolute Gasteiger partial charge is 0.482 e. The SMILES string of the molecule is CCC(Oc1cc(Cl)cc(Cl)c1)C(=N)N. The summed E-state index contributed by atoms with van der Waals surface area (Å²) in [4.78, 5) is 0. The van der Waals surface area contributed by atoms with Gasteiger partial charge in [0.2, 0.25) is 0 Å². The molecule has 3 N–H and O–H groups in total. The smallest absolute Gasteiger partial charge is 0.155 e. The second kappa shape index (κ2) is 5.24. The summed E-state index contributed by atoms with van der Waals surface area (Å²) in [5.74, 6) is 0.517. The van der Waals surface area contributed by atoms with Gasteiger partial charge in [-0.3, -0.25) is 5.41 Å². The van der Waals surface area contributed by atoms with E-state index in [0.29, 0.717) is 22.2 Å². The van der Waals surface area contributed by atoms with E-state index in [0.717, 1.165) is 0 Å². The number of amidine groups is 1. The Hall–Kier alpha value is -0.930. The molecule has 1 unspecified atom stereocenters. The molecule has 0 aromatic heterocycles. The molecule has 0 saturated carbocycles. The van der Waals surface area contributed by atoms with E-state index in [-0.39, 0.29) is 5.84 Å². The highest BCUT2D eigenvalue weighted by Gasteiger charge is 2.11. The monoisotopic (exact) mass is 246 g/mol. The van der Waals surface area contributed by atoms with Crippen LogP contribution in [0.3, 0.4) is 0 Å². The molecular formula is C10H12Cl2N2O. The quantitative estimate of drug-likeness (QED) is 0.634. The van der Waals surface area contributed by atoms with Crippen molar-refractivity contribution in [2.45, 2.75) is 19.4 Å². The standard InChI is InChI=1S/C10H12Cl2N2O/c1-2-9(10(13)14)15-8-4-6(11)3-7(12)5-8/h3-5,9H,2H2,1H3,(H3,13,14). The Bertz CT molecular complexity index is 348. The van der Waals surface area contributed by atoms with Gasteiger partial charge in [-0.15, -0.1) is 0 Å². The van der Waals surface area contributed by atoms with Gasteiger partial charge in [-0.1, -0.05) is 30.1 Å². The van der Waals surface area contributed by atoms with E-state index in [1.54, 1.807) is 18.2 Å². The van der Waals surface area contributed by atoms with Crippen molar-refractivity contribution in [3.8, 4) is 5.75 Å². The Kier molecular flexibility index (Phi) is 4.24. The molecule has 0 amide bonds. The normalized spacial score (nSPS) is 12.2. The second-order valence-corrected chi connectivity index (χ2v) is 3.95. The molecule has 0 bridgehead atoms. The first-order valence-corrected chi connectivity index (χ1v) is 5.25. The Morgan fingerprint density at radius 3 is 2.33 bits per heavy atom. The van der Waals surface area contributed by atoms with E-state index >= 15 is 0 Å². The van der Waals surface area contributed by atoms with Crippen LogP contribution in [-0.4, -0.2) is 11.9 Å². The number of benzene rings is 1. The van der Waals surface area contributed by atoms with Crippen molar-refractivity contribution in [1.29, 1.82) is 5.41 Å². The van der Waals surface area contributed by atoms with Crippen LogP contribution in [0.25, 0.3) is 0 Å². The van der Waals surface area contributed by atoms with E-state index in [1.807, 2.05) is 6.92 Å². The van der Waals surface area contributed by atoms with Crippen molar-refractivity contribution >= 4 is 29.0 Å². The molecule has 0 spiro atoms. The Balaban J connectivity index is 2.83. The van der Waals surface area contributed by atoms with Gasteiger partial charge in [-0.2, -0.15) is 0 Å². The van der Waals surface area contributed by atoms with Crippen molar-refractivity contribution in [2.24, 2.45) is 5.73 Å². The van der Waals surface area contributed by atoms with Gasteiger partial charge < -0.3 is 10.5 Å². The lowest BCUT2D eigenvalue weighted by molar-refractivity contribution is 0.260. The number of halogens is 2. The van der Waals surface area contributed by atoms with Gasteiger partial charge in [-0.25, -0.2) is 0 Å². The molecule has 1 atom stereocenters. The summed E-state index contributed by atoms with van der Waals surface area (Å²) >= 11 is 11.6. The summed E-state index contributed by atoms with van der Waals surface area (Å²) in [5.41, 5.74) is 5.36. The first-order chi connectivity index (χ1) is 7.02. The highest BCUT2D eigenvalue weighted by atomic mass is 35.5. The third kappa shape index (κ3) is 3.61. The Labute approximate surface area is 98.6 Å². The number of rotatable bonds is 4. The number of hydrogen-bond donors (Lipinski definition) is 2. The third-order valence-corrected chi connectivity index (χ3v) is 2.27. The predicted octanol–water partition coefficient (Wildman–Crippen LogP) is 3.09. The van der Waals surface area contributed by atoms with Crippen LogP contribution in [0.2, 0.25) is 10.0 Å². The minimum absolute atomic E-state index is 0.00593. The molecule has 0 aliphatic carbocycles.